The lowest BCUT2D eigenvalue weighted by atomic mass is 9.98. The second kappa shape index (κ2) is 7.27. The fraction of sp³-hybridized carbons (Fsp3) is 0.500. The maximum Gasteiger partial charge on any atom is 0.354 e. The third-order valence-corrected chi connectivity index (χ3v) is 7.94. The van der Waals surface area contributed by atoms with Crippen molar-refractivity contribution in [3.05, 3.63) is 34.3 Å². The van der Waals surface area contributed by atoms with E-state index in [1.807, 2.05) is 6.92 Å². The molecule has 0 bridgehead atoms. The molecule has 31 heavy (non-hydrogen) atoms. The quantitative estimate of drug-likeness (QED) is 0.750. The van der Waals surface area contributed by atoms with Gasteiger partial charge in [-0.3, -0.25) is 0 Å². The minimum atomic E-state index is -3.37. The summed E-state index contributed by atoms with van der Waals surface area (Å²) >= 11 is 0. The zero-order chi connectivity index (χ0) is 21.9. The van der Waals surface area contributed by atoms with Crippen LogP contribution >= 0.6 is 0 Å². The Morgan fingerprint density at radius 1 is 1.29 bits per heavy atom. The number of amides is 2. The summed E-state index contributed by atoms with van der Waals surface area (Å²) in [5.41, 5.74) is 2.45. The van der Waals surface area contributed by atoms with Gasteiger partial charge >= 0.3 is 6.03 Å². The SMILES string of the molecule is CNS(=O)(=NC(=O)Nc1c2c(c(F)c3c1C[C@@H](F)C3)CCC2)c1cnn2c1O[C@@H](C)C2. The minimum absolute atomic E-state index is 0.000212. The number of nitrogens with one attached hydrogen (secondary N) is 2. The molecule has 3 atom stereocenters. The van der Waals surface area contributed by atoms with E-state index < -0.39 is 22.1 Å². The van der Waals surface area contributed by atoms with Crippen LogP contribution in [0, 0.1) is 5.82 Å². The lowest BCUT2D eigenvalue weighted by Crippen LogP contribution is -2.23. The smallest absolute Gasteiger partial charge is 0.354 e. The minimum Gasteiger partial charge on any atom is -0.472 e. The topological polar surface area (TPSA) is 97.6 Å². The highest BCUT2D eigenvalue weighted by Crippen LogP contribution is 2.41. The molecule has 166 valence electrons. The van der Waals surface area contributed by atoms with Crippen molar-refractivity contribution in [2.24, 2.45) is 4.36 Å². The molecular formula is C20H23F2N5O3S. The third kappa shape index (κ3) is 3.21. The summed E-state index contributed by atoms with van der Waals surface area (Å²) in [6.45, 7) is 2.37. The molecule has 2 heterocycles. The van der Waals surface area contributed by atoms with Crippen molar-refractivity contribution in [1.29, 1.82) is 0 Å². The molecule has 1 unspecified atom stereocenters. The van der Waals surface area contributed by atoms with Gasteiger partial charge < -0.3 is 10.1 Å². The summed E-state index contributed by atoms with van der Waals surface area (Å²) in [7, 11) is -1.94. The number of alkyl halides is 1. The summed E-state index contributed by atoms with van der Waals surface area (Å²) in [6.07, 6.45) is 2.01. The van der Waals surface area contributed by atoms with Gasteiger partial charge in [-0.05, 0) is 55.5 Å². The number of urea groups is 1. The number of ether oxygens (including phenoxy) is 1. The molecule has 2 N–H and O–H groups in total. The number of aromatic nitrogens is 2. The molecular weight excluding hydrogens is 428 g/mol. The highest BCUT2D eigenvalue weighted by Gasteiger charge is 2.34. The maximum atomic E-state index is 14.9. The monoisotopic (exact) mass is 451 g/mol. The molecule has 11 heteroatoms. The van der Waals surface area contributed by atoms with Crippen molar-refractivity contribution < 1.29 is 22.5 Å². The number of benzene rings is 1. The molecule has 1 aromatic heterocycles. The second-order valence-electron chi connectivity index (χ2n) is 8.14. The Kier molecular flexibility index (Phi) is 4.78. The van der Waals surface area contributed by atoms with Gasteiger partial charge in [0, 0.05) is 18.5 Å². The van der Waals surface area contributed by atoms with E-state index in [4.69, 9.17) is 4.74 Å². The van der Waals surface area contributed by atoms with Crippen molar-refractivity contribution in [3.8, 4) is 5.88 Å². The first kappa shape index (κ1) is 20.4. The zero-order valence-corrected chi connectivity index (χ0v) is 18.0. The fourth-order valence-electron chi connectivity index (χ4n) is 4.73. The first-order valence-electron chi connectivity index (χ1n) is 10.3. The zero-order valence-electron chi connectivity index (χ0n) is 17.2. The largest absolute Gasteiger partial charge is 0.472 e. The third-order valence-electron chi connectivity index (χ3n) is 6.09. The van der Waals surface area contributed by atoms with Crippen molar-refractivity contribution in [2.45, 2.75) is 62.7 Å². The number of fused-ring (bicyclic) bond motifs is 3. The Balaban J connectivity index is 1.53. The van der Waals surface area contributed by atoms with E-state index in [0.717, 1.165) is 6.42 Å². The Hall–Kier alpha value is -2.53. The van der Waals surface area contributed by atoms with Crippen LogP contribution in [0.4, 0.5) is 19.3 Å². The number of carbonyl (C=O) groups excluding carboxylic acids is 1. The van der Waals surface area contributed by atoms with Crippen LogP contribution < -0.4 is 14.8 Å². The average Bonchev–Trinajstić information content (AvgIpc) is 3.47. The van der Waals surface area contributed by atoms with E-state index in [0.29, 0.717) is 53.2 Å². The average molecular weight is 451 g/mol. The van der Waals surface area contributed by atoms with Gasteiger partial charge in [-0.15, -0.1) is 4.36 Å². The highest BCUT2D eigenvalue weighted by atomic mass is 32.2. The predicted octanol–water partition coefficient (Wildman–Crippen LogP) is 2.92. The van der Waals surface area contributed by atoms with Crippen LogP contribution in [0.25, 0.3) is 0 Å². The van der Waals surface area contributed by atoms with Crippen LogP contribution in [-0.4, -0.2) is 39.3 Å². The van der Waals surface area contributed by atoms with Crippen molar-refractivity contribution >= 4 is 21.6 Å². The molecule has 0 saturated carbocycles. The molecule has 0 fully saturated rings. The van der Waals surface area contributed by atoms with Gasteiger partial charge in [-0.25, -0.2) is 27.2 Å². The summed E-state index contributed by atoms with van der Waals surface area (Å²) < 4.78 is 56.2. The Bertz CT molecular complexity index is 1220. The maximum absolute atomic E-state index is 14.9. The number of nitrogens with zero attached hydrogens (tertiary/aromatic N) is 3. The Morgan fingerprint density at radius 3 is 2.81 bits per heavy atom. The molecule has 3 aliphatic rings. The summed E-state index contributed by atoms with van der Waals surface area (Å²) in [5, 5.41) is 6.86. The van der Waals surface area contributed by atoms with E-state index in [1.165, 1.54) is 13.2 Å². The van der Waals surface area contributed by atoms with Crippen LogP contribution in [0.2, 0.25) is 0 Å². The summed E-state index contributed by atoms with van der Waals surface area (Å²) in [6, 6.07) is -0.851. The van der Waals surface area contributed by atoms with Crippen molar-refractivity contribution in [3.63, 3.8) is 0 Å². The molecule has 5 rings (SSSR count). The highest BCUT2D eigenvalue weighted by molar-refractivity contribution is 7.92. The number of hydrogen-bond acceptors (Lipinski definition) is 4. The Morgan fingerprint density at radius 2 is 2.03 bits per heavy atom. The number of halogens is 2. The molecule has 2 aromatic rings. The summed E-state index contributed by atoms with van der Waals surface area (Å²) in [4.78, 5) is 13.0. The van der Waals surface area contributed by atoms with Gasteiger partial charge in [0.2, 0.25) is 5.88 Å². The van der Waals surface area contributed by atoms with Crippen molar-refractivity contribution in [1.82, 2.24) is 14.5 Å². The molecule has 1 aliphatic heterocycles. The van der Waals surface area contributed by atoms with E-state index in [2.05, 4.69) is 19.5 Å². The van der Waals surface area contributed by atoms with Crippen LogP contribution in [-0.2, 0) is 42.1 Å². The number of carbonyl (C=O) groups is 1. The van der Waals surface area contributed by atoms with E-state index in [-0.39, 0.29) is 29.7 Å². The first-order chi connectivity index (χ1) is 14.8. The molecule has 2 amide bonds. The fourth-order valence-corrected chi connectivity index (χ4v) is 6.00. The van der Waals surface area contributed by atoms with Gasteiger partial charge in [-0.1, -0.05) is 0 Å². The molecule has 0 saturated heterocycles. The van der Waals surface area contributed by atoms with Crippen LogP contribution in [0.1, 0.15) is 35.6 Å². The number of hydrogen-bond donors (Lipinski definition) is 2. The number of anilines is 1. The molecule has 0 spiro atoms. The van der Waals surface area contributed by atoms with Gasteiger partial charge in [0.15, 0.2) is 9.92 Å². The Labute approximate surface area is 178 Å². The predicted molar refractivity (Wildman–Crippen MR) is 110 cm³/mol. The van der Waals surface area contributed by atoms with E-state index in [9.17, 15) is 17.8 Å². The second-order valence-corrected chi connectivity index (χ2v) is 10.2. The first-order valence-corrected chi connectivity index (χ1v) is 11.8. The van der Waals surface area contributed by atoms with Crippen LogP contribution in [0.3, 0.4) is 0 Å². The summed E-state index contributed by atoms with van der Waals surface area (Å²) in [5.74, 6) is -0.0365. The number of rotatable bonds is 3. The normalized spacial score (nSPS) is 23.0. The van der Waals surface area contributed by atoms with Gasteiger partial charge in [-0.2, -0.15) is 5.10 Å². The van der Waals surface area contributed by atoms with E-state index >= 15 is 0 Å². The van der Waals surface area contributed by atoms with Gasteiger partial charge in [0.05, 0.1) is 12.7 Å². The van der Waals surface area contributed by atoms with Crippen LogP contribution in [0.5, 0.6) is 5.88 Å². The lowest BCUT2D eigenvalue weighted by Gasteiger charge is -2.16. The van der Waals surface area contributed by atoms with Gasteiger partial charge in [0.25, 0.3) is 0 Å². The molecule has 8 nitrogen and oxygen atoms in total. The van der Waals surface area contributed by atoms with E-state index in [1.54, 1.807) is 4.68 Å². The molecule has 2 aliphatic carbocycles. The lowest BCUT2D eigenvalue weighted by molar-refractivity contribution is 0.248. The standard InChI is InChI=1S/C20H23F2N5O3S/c1-10-9-27-19(30-10)16(8-24-27)31(29,23-2)26-20(28)25-18-13-5-3-4-12(13)17(22)14-6-11(21)7-15(14)18/h8,10-11H,3-7,9H2,1-2H3,(H2,23,25,26,28,29)/t10-,11-,31?/m0/s1. The van der Waals surface area contributed by atoms with Crippen LogP contribution in [0.15, 0.2) is 15.5 Å². The van der Waals surface area contributed by atoms with Gasteiger partial charge in [0.1, 0.15) is 23.0 Å². The van der Waals surface area contributed by atoms with Crippen molar-refractivity contribution in [2.75, 3.05) is 12.4 Å². The molecule has 1 aromatic carbocycles. The molecule has 0 radical (unpaired) electrons.